The van der Waals surface area contributed by atoms with Gasteiger partial charge in [0.2, 0.25) is 35.4 Å². The first-order valence-electron chi connectivity index (χ1n) is 25.9. The van der Waals surface area contributed by atoms with E-state index in [0.717, 1.165) is 58.6 Å². The molecule has 0 bridgehead atoms. The zero-order valence-electron chi connectivity index (χ0n) is 40.2. The zero-order chi connectivity index (χ0) is 49.1. The number of amides is 7. The van der Waals surface area contributed by atoms with Crippen molar-refractivity contribution in [3.8, 4) is 0 Å². The summed E-state index contributed by atoms with van der Waals surface area (Å²) >= 11 is 0. The van der Waals surface area contributed by atoms with Crippen molar-refractivity contribution in [1.29, 1.82) is 0 Å². The van der Waals surface area contributed by atoms with Crippen molar-refractivity contribution in [2.24, 2.45) is 5.92 Å². The number of H-pyrrole nitrogens is 2. The number of carbonyl (C=O) groups is 7. The Morgan fingerprint density at radius 3 is 1.96 bits per heavy atom. The van der Waals surface area contributed by atoms with Crippen LogP contribution in [0, 0.1) is 5.92 Å². The number of para-hydroxylation sites is 2. The van der Waals surface area contributed by atoms with Crippen molar-refractivity contribution in [2.45, 2.75) is 145 Å². The highest BCUT2D eigenvalue weighted by molar-refractivity contribution is 6.01. The fraction of sp³-hybridized carbons (Fsp3) is 0.473. The molecule has 7 N–H and O–H groups in total. The second kappa shape index (κ2) is 20.8. The van der Waals surface area contributed by atoms with E-state index in [0.29, 0.717) is 76.4 Å². The minimum absolute atomic E-state index is 0.0705. The van der Waals surface area contributed by atoms with Crippen molar-refractivity contribution >= 4 is 63.2 Å². The van der Waals surface area contributed by atoms with Crippen LogP contribution in [0.5, 0.6) is 0 Å². The first-order chi connectivity index (χ1) is 34.6. The maximum atomic E-state index is 15.3. The molecule has 7 unspecified atom stereocenters. The molecule has 0 radical (unpaired) electrons. The van der Waals surface area contributed by atoms with Gasteiger partial charge in [-0.2, -0.15) is 0 Å². The second-order valence-electron chi connectivity index (χ2n) is 20.5. The van der Waals surface area contributed by atoms with E-state index in [1.165, 1.54) is 0 Å². The highest BCUT2D eigenvalue weighted by Crippen LogP contribution is 2.41. The zero-order valence-corrected chi connectivity index (χ0v) is 40.2. The van der Waals surface area contributed by atoms with Gasteiger partial charge in [0.1, 0.15) is 35.7 Å². The van der Waals surface area contributed by atoms with Crippen LogP contribution >= 0.6 is 0 Å². The third-order valence-corrected chi connectivity index (χ3v) is 16.0. The van der Waals surface area contributed by atoms with E-state index in [-0.39, 0.29) is 43.0 Å². The van der Waals surface area contributed by atoms with E-state index in [1.54, 1.807) is 34.1 Å². The van der Waals surface area contributed by atoms with Crippen LogP contribution in [0.15, 0.2) is 91.3 Å². The molecule has 2 aromatic heterocycles. The Labute approximate surface area is 413 Å². The minimum atomic E-state index is -1.41. The first-order valence-corrected chi connectivity index (χ1v) is 25.9. The van der Waals surface area contributed by atoms with Gasteiger partial charge >= 0.3 is 0 Å². The number of aromatic amines is 2. The van der Waals surface area contributed by atoms with Gasteiger partial charge in [0.25, 0.3) is 5.91 Å². The molecule has 71 heavy (non-hydrogen) atoms. The monoisotopic (exact) mass is 964 g/mol. The third kappa shape index (κ3) is 9.90. The van der Waals surface area contributed by atoms with Crippen molar-refractivity contribution in [2.75, 3.05) is 13.1 Å². The number of benzene rings is 3. The summed E-state index contributed by atoms with van der Waals surface area (Å²) in [5.74, 6) is -2.87. The van der Waals surface area contributed by atoms with Crippen LogP contribution < -0.4 is 26.6 Å². The molecule has 2 aliphatic carbocycles. The van der Waals surface area contributed by atoms with Crippen LogP contribution in [0.4, 0.5) is 0 Å². The summed E-state index contributed by atoms with van der Waals surface area (Å²) in [6.45, 7) is 0.627. The van der Waals surface area contributed by atoms with Crippen LogP contribution in [-0.4, -0.2) is 116 Å². The van der Waals surface area contributed by atoms with Gasteiger partial charge in [0.15, 0.2) is 0 Å². The number of nitrogens with one attached hydrogen (secondary N) is 7. The van der Waals surface area contributed by atoms with Gasteiger partial charge in [-0.1, -0.05) is 80.3 Å². The lowest BCUT2D eigenvalue weighted by molar-refractivity contribution is -0.150. The van der Waals surface area contributed by atoms with Gasteiger partial charge < -0.3 is 46.4 Å². The molecule has 2 saturated carbocycles. The van der Waals surface area contributed by atoms with E-state index in [1.807, 2.05) is 67.0 Å². The average molecular weight is 964 g/mol. The number of nitrogens with zero attached hydrogens (tertiary/aromatic N) is 2. The van der Waals surface area contributed by atoms with E-state index < -0.39 is 65.3 Å². The van der Waals surface area contributed by atoms with Gasteiger partial charge in [0, 0.05) is 71.7 Å². The van der Waals surface area contributed by atoms with Crippen molar-refractivity contribution in [1.82, 2.24) is 46.4 Å². The normalized spacial score (nSPS) is 26.3. The minimum Gasteiger partial charge on any atom is -0.361 e. The fourth-order valence-electron chi connectivity index (χ4n) is 12.3. The van der Waals surface area contributed by atoms with Crippen LogP contribution in [0.2, 0.25) is 0 Å². The molecular formula is C55H65N9O7. The lowest BCUT2D eigenvalue weighted by Gasteiger charge is -2.38. The molecule has 3 saturated heterocycles. The molecule has 7 amide bonds. The van der Waals surface area contributed by atoms with E-state index >= 15 is 28.8 Å². The topological polar surface area (TPSA) is 218 Å². The van der Waals surface area contributed by atoms with E-state index in [9.17, 15) is 4.79 Å². The SMILES string of the molecule is O=C(NCCCCC1NC(=O)C(Cc2c[nH]c3ccccc23)NC(=O)C2(CCCC2)NC(=O)C(Cc2c[nH]c3ccccc23)NC(=O)C2CC3CCCCC3N2C(=O)C2CCCN2C1=O)c1ccccc1. The van der Waals surface area contributed by atoms with E-state index in [2.05, 4.69) is 36.6 Å². The number of unbranched alkanes of at least 4 members (excludes halogenated alkanes) is 1. The maximum Gasteiger partial charge on any atom is 0.251 e. The Morgan fingerprint density at radius 2 is 1.25 bits per heavy atom. The van der Waals surface area contributed by atoms with Crippen LogP contribution in [0.1, 0.15) is 111 Å². The number of rotatable bonds is 10. The number of aromatic nitrogens is 2. The molecule has 372 valence electrons. The Balaban J connectivity index is 1.00. The predicted molar refractivity (Wildman–Crippen MR) is 267 cm³/mol. The first kappa shape index (κ1) is 47.7. The summed E-state index contributed by atoms with van der Waals surface area (Å²) in [5, 5.41) is 17.1. The Morgan fingerprint density at radius 1 is 0.620 bits per heavy atom. The van der Waals surface area contributed by atoms with Gasteiger partial charge in [0.05, 0.1) is 0 Å². The summed E-state index contributed by atoms with van der Waals surface area (Å²) in [6, 6.07) is 19.0. The fourth-order valence-corrected chi connectivity index (χ4v) is 12.3. The number of fused-ring (bicyclic) bond motifs is 6. The molecule has 5 heterocycles. The molecule has 5 aliphatic rings. The molecule has 7 atom stereocenters. The molecule has 3 aromatic carbocycles. The van der Waals surface area contributed by atoms with Crippen LogP contribution in [0.25, 0.3) is 21.8 Å². The van der Waals surface area contributed by atoms with Gasteiger partial charge in [-0.05, 0) is 106 Å². The molecule has 5 aromatic rings. The van der Waals surface area contributed by atoms with Gasteiger partial charge in [-0.25, -0.2) is 0 Å². The summed E-state index contributed by atoms with van der Waals surface area (Å²) in [6.07, 6.45) is 11.8. The van der Waals surface area contributed by atoms with Crippen molar-refractivity contribution in [3.63, 3.8) is 0 Å². The molecular weight excluding hydrogens is 899 g/mol. The number of hydrogen-bond acceptors (Lipinski definition) is 7. The largest absolute Gasteiger partial charge is 0.361 e. The van der Waals surface area contributed by atoms with Gasteiger partial charge in [-0.15, -0.1) is 0 Å². The molecule has 16 nitrogen and oxygen atoms in total. The maximum absolute atomic E-state index is 15.3. The predicted octanol–water partition coefficient (Wildman–Crippen LogP) is 5.08. The van der Waals surface area contributed by atoms with E-state index in [4.69, 9.17) is 0 Å². The van der Waals surface area contributed by atoms with Crippen molar-refractivity contribution < 1.29 is 33.6 Å². The highest BCUT2D eigenvalue weighted by atomic mass is 16.2. The quantitative estimate of drug-likeness (QED) is 0.0942. The lowest BCUT2D eigenvalue weighted by Crippen LogP contribution is -2.65. The summed E-state index contributed by atoms with van der Waals surface area (Å²) in [5.41, 5.74) is 2.45. The highest BCUT2D eigenvalue weighted by Gasteiger charge is 2.52. The molecule has 10 rings (SSSR count). The lowest BCUT2D eigenvalue weighted by atomic mass is 9.84. The summed E-state index contributed by atoms with van der Waals surface area (Å²) in [4.78, 5) is 113. The summed E-state index contributed by atoms with van der Waals surface area (Å²) in [7, 11) is 0. The second-order valence-corrected chi connectivity index (χ2v) is 20.5. The average Bonchev–Trinajstić information content (AvgIpc) is 4.26. The van der Waals surface area contributed by atoms with Crippen molar-refractivity contribution in [3.05, 3.63) is 108 Å². The summed E-state index contributed by atoms with van der Waals surface area (Å²) < 4.78 is 0. The molecule has 16 heteroatoms. The van der Waals surface area contributed by atoms with Crippen LogP contribution in [0.3, 0.4) is 0 Å². The third-order valence-electron chi connectivity index (χ3n) is 16.0. The smallest absolute Gasteiger partial charge is 0.251 e. The standard InChI is InChI=1S/C55H65N9O7/c65-48(34-15-2-1-3-16-34)56-27-13-10-22-42-52(69)63-28-14-24-46(63)53(70)64-45-23-9-4-17-35(45)31-47(64)51(68)60-44(30-37-33-58-41-21-8-6-19-39(37)41)50(67)62-55(25-11-12-26-55)54(71)61-43(49(66)59-42)29-36-32-57-40-20-7-5-18-38(36)40/h1-3,5-8,15-16,18-21,32-33,35,42-47,57-58H,4,9-14,17,22-31H2,(H,56,65)(H,59,66)(H,60,68)(H,61,71)(H,62,67). The number of hydrogen-bond donors (Lipinski definition) is 7. The molecule has 3 aliphatic heterocycles. The van der Waals surface area contributed by atoms with Crippen LogP contribution in [-0.2, 0) is 41.6 Å². The Kier molecular flexibility index (Phi) is 14.0. The molecule has 1 spiro atoms. The Hall–Kier alpha value is -6.97. The molecule has 5 fully saturated rings. The Bertz CT molecular complexity index is 2800. The van der Waals surface area contributed by atoms with Gasteiger partial charge in [-0.3, -0.25) is 33.6 Å². The number of carbonyl (C=O) groups excluding carboxylic acids is 7.